The van der Waals surface area contributed by atoms with Crippen molar-refractivity contribution in [2.75, 3.05) is 13.1 Å². The van der Waals surface area contributed by atoms with E-state index in [1.165, 1.54) is 59.9 Å². The average molecular weight is 289 g/mol. The molecule has 4 rings (SSSR count). The van der Waals surface area contributed by atoms with Gasteiger partial charge in [0.05, 0.1) is 0 Å². The molecule has 2 aromatic rings. The third-order valence-electron chi connectivity index (χ3n) is 5.03. The molecule has 0 unspecified atom stereocenters. The van der Waals surface area contributed by atoms with Crippen LogP contribution in [0.2, 0.25) is 0 Å². The van der Waals surface area contributed by atoms with E-state index in [0.717, 1.165) is 13.1 Å². The van der Waals surface area contributed by atoms with Crippen molar-refractivity contribution in [3.05, 3.63) is 76.4 Å². The SMILES string of the molecule is c1ccc2c(c1)CCCc1ccccc1C2=C1CCNCC1. The molecule has 112 valence electrons. The predicted molar refractivity (Wildman–Crippen MR) is 93.0 cm³/mol. The molecule has 1 saturated heterocycles. The highest BCUT2D eigenvalue weighted by Crippen LogP contribution is 2.37. The fourth-order valence-corrected chi connectivity index (χ4v) is 3.94. The third-order valence-corrected chi connectivity index (χ3v) is 5.03. The van der Waals surface area contributed by atoms with Gasteiger partial charge in [-0.25, -0.2) is 0 Å². The van der Waals surface area contributed by atoms with E-state index in [-0.39, 0.29) is 0 Å². The van der Waals surface area contributed by atoms with Crippen molar-refractivity contribution in [3.8, 4) is 0 Å². The molecule has 1 aliphatic heterocycles. The maximum absolute atomic E-state index is 3.50. The molecule has 0 radical (unpaired) electrons. The van der Waals surface area contributed by atoms with Crippen LogP contribution in [0, 0.1) is 0 Å². The maximum Gasteiger partial charge on any atom is -0.00111 e. The van der Waals surface area contributed by atoms with E-state index >= 15 is 0 Å². The Bertz CT molecular complexity index is 654. The van der Waals surface area contributed by atoms with Crippen LogP contribution in [0.3, 0.4) is 0 Å². The molecule has 0 atom stereocenters. The first kappa shape index (κ1) is 13.8. The lowest BCUT2D eigenvalue weighted by molar-refractivity contribution is 0.611. The Labute approximate surface area is 133 Å². The van der Waals surface area contributed by atoms with E-state index in [2.05, 4.69) is 53.8 Å². The van der Waals surface area contributed by atoms with Crippen LogP contribution in [-0.2, 0) is 12.8 Å². The number of aryl methyl sites for hydroxylation is 2. The van der Waals surface area contributed by atoms with Gasteiger partial charge in [-0.1, -0.05) is 54.1 Å². The minimum atomic E-state index is 1.11. The molecule has 0 spiro atoms. The van der Waals surface area contributed by atoms with Crippen molar-refractivity contribution < 1.29 is 0 Å². The number of nitrogens with one attached hydrogen (secondary N) is 1. The van der Waals surface area contributed by atoms with Crippen molar-refractivity contribution in [3.63, 3.8) is 0 Å². The van der Waals surface area contributed by atoms with Crippen LogP contribution in [0.1, 0.15) is 41.5 Å². The lowest BCUT2D eigenvalue weighted by Crippen LogP contribution is -2.24. The zero-order valence-electron chi connectivity index (χ0n) is 13.1. The van der Waals surface area contributed by atoms with Gasteiger partial charge in [-0.2, -0.15) is 0 Å². The molecular weight excluding hydrogens is 266 g/mol. The molecule has 1 aliphatic carbocycles. The molecule has 1 nitrogen and oxygen atoms in total. The number of fused-ring (bicyclic) bond motifs is 2. The van der Waals surface area contributed by atoms with Crippen LogP contribution in [0.15, 0.2) is 54.1 Å². The summed E-state index contributed by atoms with van der Waals surface area (Å²) in [4.78, 5) is 0. The molecule has 1 heterocycles. The van der Waals surface area contributed by atoms with E-state index in [1.807, 2.05) is 0 Å². The molecule has 2 aliphatic rings. The molecule has 1 heteroatoms. The summed E-state index contributed by atoms with van der Waals surface area (Å²) in [6.07, 6.45) is 5.99. The van der Waals surface area contributed by atoms with Crippen molar-refractivity contribution in [2.45, 2.75) is 32.1 Å². The van der Waals surface area contributed by atoms with Crippen LogP contribution >= 0.6 is 0 Å². The van der Waals surface area contributed by atoms with Gasteiger partial charge in [0.15, 0.2) is 0 Å². The Hall–Kier alpha value is -1.86. The van der Waals surface area contributed by atoms with Gasteiger partial charge in [-0.15, -0.1) is 0 Å². The van der Waals surface area contributed by atoms with Crippen LogP contribution in [0.25, 0.3) is 5.57 Å². The van der Waals surface area contributed by atoms with Crippen LogP contribution < -0.4 is 5.32 Å². The Kier molecular flexibility index (Phi) is 3.82. The molecule has 0 amide bonds. The molecule has 1 N–H and O–H groups in total. The minimum Gasteiger partial charge on any atom is -0.316 e. The lowest BCUT2D eigenvalue weighted by Gasteiger charge is -2.26. The molecule has 22 heavy (non-hydrogen) atoms. The number of piperidine rings is 1. The number of rotatable bonds is 0. The fraction of sp³-hybridized carbons (Fsp3) is 0.333. The van der Waals surface area contributed by atoms with Crippen molar-refractivity contribution >= 4 is 5.57 Å². The van der Waals surface area contributed by atoms with Gasteiger partial charge in [-0.05, 0) is 73.0 Å². The normalized spacial score (nSPS) is 18.2. The Morgan fingerprint density at radius 2 is 1.18 bits per heavy atom. The molecule has 0 bridgehead atoms. The first-order chi connectivity index (χ1) is 10.9. The topological polar surface area (TPSA) is 12.0 Å². The average Bonchev–Trinajstić information content (AvgIpc) is 2.57. The zero-order chi connectivity index (χ0) is 14.8. The molecule has 0 aromatic heterocycles. The summed E-state index contributed by atoms with van der Waals surface area (Å²) in [6, 6.07) is 18.1. The summed E-state index contributed by atoms with van der Waals surface area (Å²) in [5, 5.41) is 3.50. The summed E-state index contributed by atoms with van der Waals surface area (Å²) in [7, 11) is 0. The predicted octanol–water partition coefficient (Wildman–Crippen LogP) is 4.36. The molecule has 2 aromatic carbocycles. The van der Waals surface area contributed by atoms with Gasteiger partial charge >= 0.3 is 0 Å². The van der Waals surface area contributed by atoms with Gasteiger partial charge in [0, 0.05) is 0 Å². The number of hydrogen-bond acceptors (Lipinski definition) is 1. The Morgan fingerprint density at radius 1 is 0.636 bits per heavy atom. The van der Waals surface area contributed by atoms with Gasteiger partial charge in [0.1, 0.15) is 0 Å². The van der Waals surface area contributed by atoms with Gasteiger partial charge in [-0.3, -0.25) is 0 Å². The van der Waals surface area contributed by atoms with Crippen LogP contribution in [0.5, 0.6) is 0 Å². The Morgan fingerprint density at radius 3 is 1.77 bits per heavy atom. The maximum atomic E-state index is 3.50. The van der Waals surface area contributed by atoms with Crippen molar-refractivity contribution in [2.24, 2.45) is 0 Å². The monoisotopic (exact) mass is 289 g/mol. The van der Waals surface area contributed by atoms with E-state index in [9.17, 15) is 0 Å². The van der Waals surface area contributed by atoms with E-state index in [0.29, 0.717) is 0 Å². The largest absolute Gasteiger partial charge is 0.316 e. The highest BCUT2D eigenvalue weighted by atomic mass is 14.9. The summed E-state index contributed by atoms with van der Waals surface area (Å²) in [5.74, 6) is 0. The second-order valence-electron chi connectivity index (χ2n) is 6.40. The lowest BCUT2D eigenvalue weighted by atomic mass is 9.81. The minimum absolute atomic E-state index is 1.11. The molecule has 0 saturated carbocycles. The van der Waals surface area contributed by atoms with E-state index in [1.54, 1.807) is 5.57 Å². The quantitative estimate of drug-likeness (QED) is 0.760. The summed E-state index contributed by atoms with van der Waals surface area (Å²) in [5.41, 5.74) is 9.18. The number of hydrogen-bond donors (Lipinski definition) is 1. The summed E-state index contributed by atoms with van der Waals surface area (Å²) < 4.78 is 0. The summed E-state index contributed by atoms with van der Waals surface area (Å²) >= 11 is 0. The third kappa shape index (κ3) is 2.50. The smallest absolute Gasteiger partial charge is 0.00111 e. The number of benzene rings is 2. The van der Waals surface area contributed by atoms with Gasteiger partial charge in [0.2, 0.25) is 0 Å². The first-order valence-corrected chi connectivity index (χ1v) is 8.53. The molecule has 1 fully saturated rings. The molecular formula is C21H23N. The second kappa shape index (κ2) is 6.10. The van der Waals surface area contributed by atoms with Crippen LogP contribution in [0.4, 0.5) is 0 Å². The van der Waals surface area contributed by atoms with Gasteiger partial charge in [0.25, 0.3) is 0 Å². The fourth-order valence-electron chi connectivity index (χ4n) is 3.94. The first-order valence-electron chi connectivity index (χ1n) is 8.53. The van der Waals surface area contributed by atoms with Crippen LogP contribution in [-0.4, -0.2) is 13.1 Å². The Balaban J connectivity index is 1.97. The zero-order valence-corrected chi connectivity index (χ0v) is 13.1. The van der Waals surface area contributed by atoms with E-state index in [4.69, 9.17) is 0 Å². The summed E-state index contributed by atoms with van der Waals surface area (Å²) in [6.45, 7) is 2.23. The highest BCUT2D eigenvalue weighted by molar-refractivity contribution is 5.85. The second-order valence-corrected chi connectivity index (χ2v) is 6.40. The highest BCUT2D eigenvalue weighted by Gasteiger charge is 2.20. The standard InChI is InChI=1S/C21H23N/c1-3-10-19-16(6-1)8-5-9-17-7-2-4-11-20(17)21(19)18-12-14-22-15-13-18/h1-4,6-7,10-11,22H,5,8-9,12-15H2. The van der Waals surface area contributed by atoms with Gasteiger partial charge < -0.3 is 5.32 Å². The van der Waals surface area contributed by atoms with Crippen molar-refractivity contribution in [1.82, 2.24) is 5.32 Å². The van der Waals surface area contributed by atoms with Crippen molar-refractivity contribution in [1.29, 1.82) is 0 Å². The van der Waals surface area contributed by atoms with E-state index < -0.39 is 0 Å².